The van der Waals surface area contributed by atoms with Crippen molar-refractivity contribution in [2.45, 2.75) is 96.1 Å². The van der Waals surface area contributed by atoms with Crippen LogP contribution in [-0.4, -0.2) is 327 Å². The van der Waals surface area contributed by atoms with Crippen LogP contribution in [0.3, 0.4) is 0 Å². The van der Waals surface area contributed by atoms with Crippen LogP contribution in [0.5, 0.6) is 0 Å². The van der Waals surface area contributed by atoms with Crippen LogP contribution in [0.15, 0.2) is 0 Å². The zero-order valence-electron chi connectivity index (χ0n) is 55.5. The molecular weight excluding hydrogens is 1290 g/mol. The fourth-order valence-electron chi connectivity index (χ4n) is 6.90. The molecule has 0 aromatic carbocycles. The molecule has 0 saturated heterocycles. The molecule has 0 heterocycles. The van der Waals surface area contributed by atoms with Crippen molar-refractivity contribution in [3.05, 3.63) is 0 Å². The van der Waals surface area contributed by atoms with Crippen LogP contribution in [0.2, 0.25) is 0 Å². The lowest BCUT2D eigenvalue weighted by Gasteiger charge is -2.22. The summed E-state index contributed by atoms with van der Waals surface area (Å²) in [6.45, 7) is 7.95. The molecule has 0 bridgehead atoms. The molecule has 37 nitrogen and oxygen atoms in total. The quantitative estimate of drug-likeness (QED) is 0.0212. The van der Waals surface area contributed by atoms with Crippen LogP contribution < -0.4 is 31.9 Å². The van der Waals surface area contributed by atoms with E-state index in [0.717, 1.165) is 0 Å². The summed E-state index contributed by atoms with van der Waals surface area (Å²) >= 11 is 0. The van der Waals surface area contributed by atoms with Gasteiger partial charge in [-0.3, -0.25) is 47.9 Å². The zero-order valence-corrected chi connectivity index (χ0v) is 55.5. The zero-order chi connectivity index (χ0) is 71.1. The summed E-state index contributed by atoms with van der Waals surface area (Å²) < 4.78 is 89.7. The minimum Gasteiger partial charge on any atom is -0.481 e. The molecule has 0 spiro atoms. The number of hydrogen-bond acceptors (Lipinski definition) is 27. The molecule has 0 atom stereocenters. The molecule has 0 unspecified atom stereocenters. The van der Waals surface area contributed by atoms with Crippen molar-refractivity contribution >= 4 is 65.3 Å². The lowest BCUT2D eigenvalue weighted by Crippen LogP contribution is -2.35. The predicted octanol–water partition coefficient (Wildman–Crippen LogP) is -3.16. The van der Waals surface area contributed by atoms with Gasteiger partial charge in [0.15, 0.2) is 0 Å². The Balaban J connectivity index is 4.86. The van der Waals surface area contributed by atoms with Crippen molar-refractivity contribution in [2.75, 3.05) is 218 Å². The van der Waals surface area contributed by atoms with Crippen molar-refractivity contribution in [2.24, 2.45) is 0 Å². The van der Waals surface area contributed by atoms with Gasteiger partial charge in [0.1, 0.15) is 43.7 Å². The minimum atomic E-state index is -1.08. The van der Waals surface area contributed by atoms with Gasteiger partial charge in [-0.05, 0) is 20.8 Å². The molecule has 556 valence electrons. The number of amides is 6. The van der Waals surface area contributed by atoms with E-state index in [2.05, 4.69) is 31.9 Å². The predicted molar refractivity (Wildman–Crippen MR) is 330 cm³/mol. The Labute approximate surface area is 558 Å². The molecule has 0 aromatic rings. The third kappa shape index (κ3) is 66.2. The smallest absolute Gasteiger partial charge is 0.332 e. The lowest BCUT2D eigenvalue weighted by atomic mass is 10.2. The number of carbonyl (C=O) groups excluding carboxylic acids is 7. The van der Waals surface area contributed by atoms with Crippen LogP contribution in [0, 0.1) is 0 Å². The number of aliphatic carboxylic acids is 4. The van der Waals surface area contributed by atoms with E-state index in [9.17, 15) is 52.7 Å². The number of nitrogens with one attached hydrogen (secondary N) is 6. The summed E-state index contributed by atoms with van der Waals surface area (Å²) in [5.41, 5.74) is -0.740. The summed E-state index contributed by atoms with van der Waals surface area (Å²) in [7, 11) is 0. The molecule has 0 aliphatic carbocycles. The molecule has 0 saturated carbocycles. The number of carbonyl (C=O) groups is 11. The summed E-state index contributed by atoms with van der Waals surface area (Å²) in [5, 5.41) is 50.4. The van der Waals surface area contributed by atoms with Crippen molar-refractivity contribution in [1.82, 2.24) is 31.9 Å². The molecule has 6 amide bonds. The summed E-state index contributed by atoms with van der Waals surface area (Å²) in [6.07, 6.45) is -3.75. The van der Waals surface area contributed by atoms with E-state index in [-0.39, 0.29) is 269 Å². The van der Waals surface area contributed by atoms with Crippen LogP contribution in [0.25, 0.3) is 0 Å². The van der Waals surface area contributed by atoms with Gasteiger partial charge in [0.05, 0.1) is 184 Å². The topological polar surface area (TPSA) is 489 Å². The number of rotatable bonds is 69. The summed E-state index contributed by atoms with van der Waals surface area (Å²) in [5.74, 6) is -7.42. The molecule has 0 fully saturated rings. The molecule has 96 heavy (non-hydrogen) atoms. The first-order chi connectivity index (χ1) is 46.0. The Morgan fingerprint density at radius 2 is 0.469 bits per heavy atom. The number of hydrogen-bond donors (Lipinski definition) is 10. The van der Waals surface area contributed by atoms with E-state index in [1.807, 2.05) is 0 Å². The van der Waals surface area contributed by atoms with Gasteiger partial charge in [0.25, 0.3) is 0 Å². The van der Waals surface area contributed by atoms with Crippen LogP contribution in [0.1, 0.15) is 72.1 Å². The third-order valence-electron chi connectivity index (χ3n) is 11.5. The number of carboxylic acid groups (broad SMARTS) is 4. The van der Waals surface area contributed by atoms with Crippen molar-refractivity contribution in [1.29, 1.82) is 0 Å². The second kappa shape index (κ2) is 62.1. The van der Waals surface area contributed by atoms with Gasteiger partial charge in [-0.25, -0.2) is 4.79 Å². The van der Waals surface area contributed by atoms with Crippen molar-refractivity contribution < 1.29 is 149 Å². The SMILES string of the molecule is CC(C)(C)OC(=O)COC(COCCOCCNC(=O)COC(COCCOCCNC(=O)CCC(=O)O)COCCOCCNC(=O)CCC(=O)O)COCCOCCNC(=O)COC(COCCOCCNC(=O)CCC(=O)O)COCCOCCNC(=O)CCC(=O)O. The number of esters is 1. The first kappa shape index (κ1) is 89.6. The van der Waals surface area contributed by atoms with E-state index in [1.54, 1.807) is 20.8 Å². The molecule has 0 rings (SSSR count). The molecule has 0 radical (unpaired) electrons. The van der Waals surface area contributed by atoms with Crippen LogP contribution in [0.4, 0.5) is 0 Å². The Morgan fingerprint density at radius 3 is 0.677 bits per heavy atom. The Morgan fingerprint density at radius 1 is 0.271 bits per heavy atom. The van der Waals surface area contributed by atoms with Gasteiger partial charge in [0.2, 0.25) is 35.4 Å². The molecule has 37 heteroatoms. The van der Waals surface area contributed by atoms with Crippen LogP contribution >= 0.6 is 0 Å². The van der Waals surface area contributed by atoms with Crippen molar-refractivity contribution in [3.63, 3.8) is 0 Å². The fourth-order valence-corrected chi connectivity index (χ4v) is 6.90. The number of ether oxygens (including phenoxy) is 16. The highest BCUT2D eigenvalue weighted by Crippen LogP contribution is 2.08. The molecule has 0 aliphatic rings. The van der Waals surface area contributed by atoms with Gasteiger partial charge in [-0.15, -0.1) is 0 Å². The maximum absolute atomic E-state index is 12.7. The first-order valence-corrected chi connectivity index (χ1v) is 31.5. The minimum absolute atomic E-state index is 0.0179. The average Bonchev–Trinajstić information content (AvgIpc) is 2.33. The van der Waals surface area contributed by atoms with E-state index < -0.39 is 89.2 Å². The highest BCUT2D eigenvalue weighted by molar-refractivity contribution is 5.82. The van der Waals surface area contributed by atoms with Gasteiger partial charge in [0, 0.05) is 65.0 Å². The maximum atomic E-state index is 12.7. The first-order valence-electron chi connectivity index (χ1n) is 31.5. The second-order valence-corrected chi connectivity index (χ2v) is 21.2. The highest BCUT2D eigenvalue weighted by atomic mass is 16.6. The van der Waals surface area contributed by atoms with Crippen molar-refractivity contribution in [3.8, 4) is 0 Å². The van der Waals surface area contributed by atoms with E-state index in [0.29, 0.717) is 0 Å². The lowest BCUT2D eigenvalue weighted by molar-refractivity contribution is -0.165. The van der Waals surface area contributed by atoms with Gasteiger partial charge < -0.3 is 128 Å². The normalized spacial score (nSPS) is 11.4. The molecule has 10 N–H and O–H groups in total. The summed E-state index contributed by atoms with van der Waals surface area (Å²) in [6, 6.07) is 0. The largest absolute Gasteiger partial charge is 0.481 e. The second-order valence-electron chi connectivity index (χ2n) is 21.2. The molecule has 0 aliphatic heterocycles. The Hall–Kier alpha value is -6.43. The number of carboxylic acids is 4. The average molecular weight is 1390 g/mol. The van der Waals surface area contributed by atoms with Gasteiger partial charge >= 0.3 is 29.8 Å². The Bertz CT molecular complexity index is 1910. The van der Waals surface area contributed by atoms with Crippen LogP contribution in [-0.2, 0) is 129 Å². The summed E-state index contributed by atoms with van der Waals surface area (Å²) in [4.78, 5) is 127. The third-order valence-corrected chi connectivity index (χ3v) is 11.5. The molecular formula is C59H104N6O31. The van der Waals surface area contributed by atoms with E-state index >= 15 is 0 Å². The monoisotopic (exact) mass is 1390 g/mol. The molecule has 0 aromatic heterocycles. The maximum Gasteiger partial charge on any atom is 0.332 e. The van der Waals surface area contributed by atoms with Gasteiger partial charge in [-0.2, -0.15) is 0 Å². The van der Waals surface area contributed by atoms with Gasteiger partial charge in [-0.1, -0.05) is 0 Å². The highest BCUT2D eigenvalue weighted by Gasteiger charge is 2.20. The fraction of sp³-hybridized carbons (Fsp3) is 0.814. The standard InChI is InChI=1S/C59H104N6O31/c1-59(2,3)96-58(80)44-95-47(40-91-34-28-85-22-16-64-52(70)42-93-45(36-87-30-24-81-18-12-60-48(66)4-8-54(72)73)37-88-31-25-82-19-13-61-49(67)5-9-55(74)75)41-92-35-29-86-23-17-65-53(71)43-94-46(38-89-32-26-83-20-14-62-50(68)6-10-56(76)77)39-90-33-27-84-21-15-63-51(69)7-11-57(78)79/h45-47H,4-44H2,1-3H3,(H,60,66)(H,61,67)(H,62,68)(H,63,69)(H,64,70)(H,65,71)(H,72,73)(H,74,75)(H,76,77)(H,78,79). The van der Waals surface area contributed by atoms with E-state index in [4.69, 9.17) is 96.2 Å². The van der Waals surface area contributed by atoms with E-state index in [1.165, 1.54) is 0 Å². The Kier molecular flexibility index (Phi) is 58.0.